The standard InChI is InChI=1S/C23H21NO/c1-18(16-19-10-4-2-5-11-19)22-15-9-8-14-21(22)17-24-23(25)20-12-6-3-7-13-20/h2-16H,17H2,1H3,(H,24,25)/b18-16+. The van der Waals surface area contributed by atoms with Crippen molar-refractivity contribution in [2.75, 3.05) is 0 Å². The average molecular weight is 327 g/mol. The fourth-order valence-corrected chi connectivity index (χ4v) is 2.80. The van der Waals surface area contributed by atoms with Crippen molar-refractivity contribution in [3.63, 3.8) is 0 Å². The van der Waals surface area contributed by atoms with Crippen LogP contribution in [0.1, 0.15) is 34.0 Å². The molecule has 1 N–H and O–H groups in total. The van der Waals surface area contributed by atoms with Crippen LogP contribution in [0.4, 0.5) is 0 Å². The van der Waals surface area contributed by atoms with E-state index in [1.54, 1.807) is 0 Å². The van der Waals surface area contributed by atoms with E-state index >= 15 is 0 Å². The maximum absolute atomic E-state index is 12.3. The zero-order valence-corrected chi connectivity index (χ0v) is 14.3. The average Bonchev–Trinajstić information content (AvgIpc) is 2.68. The third-order valence-corrected chi connectivity index (χ3v) is 4.10. The molecular formula is C23H21NO. The lowest BCUT2D eigenvalue weighted by molar-refractivity contribution is 0.0951. The van der Waals surface area contributed by atoms with Gasteiger partial charge in [-0.2, -0.15) is 0 Å². The first-order valence-corrected chi connectivity index (χ1v) is 8.39. The zero-order valence-electron chi connectivity index (χ0n) is 14.3. The van der Waals surface area contributed by atoms with Gasteiger partial charge in [-0.25, -0.2) is 0 Å². The van der Waals surface area contributed by atoms with Crippen molar-refractivity contribution in [2.45, 2.75) is 13.5 Å². The molecule has 1 amide bonds. The van der Waals surface area contributed by atoms with Crippen LogP contribution in [0.3, 0.4) is 0 Å². The third-order valence-electron chi connectivity index (χ3n) is 4.10. The van der Waals surface area contributed by atoms with Crippen LogP contribution in [0.2, 0.25) is 0 Å². The minimum Gasteiger partial charge on any atom is -0.348 e. The Kier molecular flexibility index (Phi) is 5.43. The van der Waals surface area contributed by atoms with Gasteiger partial charge in [-0.15, -0.1) is 0 Å². The summed E-state index contributed by atoms with van der Waals surface area (Å²) in [5.41, 5.74) is 5.28. The van der Waals surface area contributed by atoms with Crippen LogP contribution in [-0.4, -0.2) is 5.91 Å². The van der Waals surface area contributed by atoms with Gasteiger partial charge in [0.1, 0.15) is 0 Å². The normalized spacial score (nSPS) is 11.2. The van der Waals surface area contributed by atoms with E-state index < -0.39 is 0 Å². The highest BCUT2D eigenvalue weighted by Gasteiger charge is 2.07. The maximum atomic E-state index is 12.3. The van der Waals surface area contributed by atoms with E-state index in [0.717, 1.165) is 11.1 Å². The molecular weight excluding hydrogens is 306 g/mol. The van der Waals surface area contributed by atoms with Gasteiger partial charge in [0.2, 0.25) is 0 Å². The molecule has 3 aromatic carbocycles. The first-order chi connectivity index (χ1) is 12.2. The lowest BCUT2D eigenvalue weighted by atomic mass is 9.98. The van der Waals surface area contributed by atoms with Gasteiger partial charge in [0.25, 0.3) is 5.91 Å². The Labute approximate surface area is 148 Å². The number of rotatable bonds is 5. The lowest BCUT2D eigenvalue weighted by Crippen LogP contribution is -2.23. The first-order valence-electron chi connectivity index (χ1n) is 8.39. The van der Waals surface area contributed by atoms with E-state index in [4.69, 9.17) is 0 Å². The molecule has 2 nitrogen and oxygen atoms in total. The molecule has 0 saturated heterocycles. The Morgan fingerprint density at radius 1 is 0.840 bits per heavy atom. The van der Waals surface area contributed by atoms with Crippen molar-refractivity contribution in [1.29, 1.82) is 0 Å². The minimum atomic E-state index is -0.0555. The Hall–Kier alpha value is -3.13. The molecule has 0 spiro atoms. The Balaban J connectivity index is 1.77. The Morgan fingerprint density at radius 2 is 1.44 bits per heavy atom. The van der Waals surface area contributed by atoms with Crippen LogP contribution < -0.4 is 5.32 Å². The zero-order chi connectivity index (χ0) is 17.5. The summed E-state index contributed by atoms with van der Waals surface area (Å²) in [4.78, 5) is 12.3. The van der Waals surface area contributed by atoms with Crippen LogP contribution in [0.25, 0.3) is 11.6 Å². The topological polar surface area (TPSA) is 29.1 Å². The van der Waals surface area contributed by atoms with E-state index in [0.29, 0.717) is 12.1 Å². The smallest absolute Gasteiger partial charge is 0.251 e. The van der Waals surface area contributed by atoms with Gasteiger partial charge in [0, 0.05) is 12.1 Å². The van der Waals surface area contributed by atoms with E-state index in [9.17, 15) is 4.79 Å². The first kappa shape index (κ1) is 16.7. The van der Waals surface area contributed by atoms with Crippen molar-refractivity contribution in [3.05, 3.63) is 107 Å². The molecule has 0 aromatic heterocycles. The van der Waals surface area contributed by atoms with Crippen molar-refractivity contribution < 1.29 is 4.79 Å². The van der Waals surface area contributed by atoms with Crippen LogP contribution in [0, 0.1) is 0 Å². The van der Waals surface area contributed by atoms with Gasteiger partial charge in [0.05, 0.1) is 0 Å². The summed E-state index contributed by atoms with van der Waals surface area (Å²) >= 11 is 0. The number of hydrogen-bond donors (Lipinski definition) is 1. The summed E-state index contributed by atoms with van der Waals surface area (Å²) in [6, 6.07) is 27.7. The Bertz CT molecular complexity index is 867. The fraction of sp³-hybridized carbons (Fsp3) is 0.0870. The molecule has 2 heteroatoms. The molecule has 3 aromatic rings. The minimum absolute atomic E-state index is 0.0555. The number of nitrogens with one attached hydrogen (secondary N) is 1. The Morgan fingerprint density at radius 3 is 2.16 bits per heavy atom. The number of carbonyl (C=O) groups is 1. The second-order valence-corrected chi connectivity index (χ2v) is 5.94. The van der Waals surface area contributed by atoms with E-state index in [1.165, 1.54) is 11.1 Å². The number of benzene rings is 3. The molecule has 0 aliphatic carbocycles. The predicted molar refractivity (Wildman–Crippen MR) is 104 cm³/mol. The van der Waals surface area contributed by atoms with Crippen LogP contribution >= 0.6 is 0 Å². The number of amides is 1. The van der Waals surface area contributed by atoms with Crippen molar-refractivity contribution in [1.82, 2.24) is 5.32 Å². The highest BCUT2D eigenvalue weighted by Crippen LogP contribution is 2.21. The lowest BCUT2D eigenvalue weighted by Gasteiger charge is -2.11. The van der Waals surface area contributed by atoms with Crippen LogP contribution in [-0.2, 0) is 6.54 Å². The second kappa shape index (κ2) is 8.11. The molecule has 0 saturated carbocycles. The van der Waals surface area contributed by atoms with E-state index in [1.807, 2.05) is 60.7 Å². The predicted octanol–water partition coefficient (Wildman–Crippen LogP) is 5.18. The molecule has 0 bridgehead atoms. The molecule has 3 rings (SSSR count). The van der Waals surface area contributed by atoms with Crippen LogP contribution in [0.5, 0.6) is 0 Å². The summed E-state index contributed by atoms with van der Waals surface area (Å²) in [7, 11) is 0. The largest absolute Gasteiger partial charge is 0.348 e. The van der Waals surface area contributed by atoms with Crippen molar-refractivity contribution in [2.24, 2.45) is 0 Å². The monoisotopic (exact) mass is 327 g/mol. The summed E-state index contributed by atoms with van der Waals surface area (Å²) in [6.45, 7) is 2.61. The fourth-order valence-electron chi connectivity index (χ4n) is 2.80. The third kappa shape index (κ3) is 4.45. The summed E-state index contributed by atoms with van der Waals surface area (Å²) in [5.74, 6) is -0.0555. The van der Waals surface area contributed by atoms with Gasteiger partial charge < -0.3 is 5.32 Å². The van der Waals surface area contributed by atoms with Gasteiger partial charge >= 0.3 is 0 Å². The number of hydrogen-bond acceptors (Lipinski definition) is 1. The highest BCUT2D eigenvalue weighted by atomic mass is 16.1. The molecule has 0 fully saturated rings. The maximum Gasteiger partial charge on any atom is 0.251 e. The summed E-state index contributed by atoms with van der Waals surface area (Å²) in [6.07, 6.45) is 2.16. The number of allylic oxidation sites excluding steroid dienone is 1. The SMILES string of the molecule is C/C(=C\c1ccccc1)c1ccccc1CNC(=O)c1ccccc1. The van der Waals surface area contributed by atoms with E-state index in [-0.39, 0.29) is 5.91 Å². The quantitative estimate of drug-likeness (QED) is 0.643. The van der Waals surface area contributed by atoms with Gasteiger partial charge in [-0.3, -0.25) is 4.79 Å². The van der Waals surface area contributed by atoms with Crippen LogP contribution in [0.15, 0.2) is 84.9 Å². The molecule has 0 aliphatic heterocycles. The molecule has 0 unspecified atom stereocenters. The molecule has 0 heterocycles. The van der Waals surface area contributed by atoms with Gasteiger partial charge in [0.15, 0.2) is 0 Å². The summed E-state index contributed by atoms with van der Waals surface area (Å²) < 4.78 is 0. The summed E-state index contributed by atoms with van der Waals surface area (Å²) in [5, 5.41) is 3.01. The van der Waals surface area contributed by atoms with Gasteiger partial charge in [-0.05, 0) is 41.3 Å². The number of carbonyl (C=O) groups excluding carboxylic acids is 1. The van der Waals surface area contributed by atoms with E-state index in [2.05, 4.69) is 42.6 Å². The molecule has 0 radical (unpaired) electrons. The van der Waals surface area contributed by atoms with Crippen molar-refractivity contribution >= 4 is 17.6 Å². The molecule has 0 atom stereocenters. The second-order valence-electron chi connectivity index (χ2n) is 5.94. The van der Waals surface area contributed by atoms with Crippen molar-refractivity contribution in [3.8, 4) is 0 Å². The van der Waals surface area contributed by atoms with Gasteiger partial charge in [-0.1, -0.05) is 78.9 Å². The molecule has 0 aliphatic rings. The highest BCUT2D eigenvalue weighted by molar-refractivity contribution is 5.94. The molecule has 25 heavy (non-hydrogen) atoms. The molecule has 124 valence electrons.